The van der Waals surface area contributed by atoms with Gasteiger partial charge >= 0.3 is 12.1 Å². The average Bonchev–Trinajstić information content (AvgIpc) is 2.72. The van der Waals surface area contributed by atoms with E-state index in [4.69, 9.17) is 11.2 Å². The van der Waals surface area contributed by atoms with Gasteiger partial charge in [0.2, 0.25) is 0 Å². The van der Waals surface area contributed by atoms with E-state index < -0.39 is 23.9 Å². The smallest absolute Gasteiger partial charge is 0.411 e. The Bertz CT molecular complexity index is 900. The minimum atomic E-state index is -0.614. The topological polar surface area (TPSA) is 93.7 Å². The first kappa shape index (κ1) is 20.5. The molecule has 2 aromatic rings. The molecule has 144 valence electrons. The molecule has 7 heteroatoms. The van der Waals surface area contributed by atoms with E-state index in [9.17, 15) is 14.4 Å². The highest BCUT2D eigenvalue weighted by molar-refractivity contribution is 6.03. The zero-order valence-corrected chi connectivity index (χ0v) is 15.5. The van der Waals surface area contributed by atoms with Crippen molar-refractivity contribution in [2.24, 2.45) is 0 Å². The molecule has 0 aliphatic rings. The molecule has 1 unspecified atom stereocenters. The summed E-state index contributed by atoms with van der Waals surface area (Å²) >= 11 is 0. The second kappa shape index (κ2) is 9.78. The van der Waals surface area contributed by atoms with E-state index in [1.54, 1.807) is 36.4 Å². The minimum Gasteiger partial charge on any atom is -0.469 e. The number of nitrogens with one attached hydrogen (secondary N) is 2. The molecule has 1 atom stereocenters. The van der Waals surface area contributed by atoms with Crippen LogP contribution in [0.1, 0.15) is 23.5 Å². The second-order valence-corrected chi connectivity index (χ2v) is 5.76. The Morgan fingerprint density at radius 1 is 1.00 bits per heavy atom. The van der Waals surface area contributed by atoms with Gasteiger partial charge in [-0.25, -0.2) is 4.79 Å². The predicted octanol–water partition coefficient (Wildman–Crippen LogP) is 3.13. The summed E-state index contributed by atoms with van der Waals surface area (Å²) in [5.41, 5.74) is 2.57. The lowest BCUT2D eigenvalue weighted by Crippen LogP contribution is -2.16. The van der Waals surface area contributed by atoms with Crippen LogP contribution in [0.3, 0.4) is 0 Å². The molecule has 2 aromatic carbocycles. The lowest BCUT2D eigenvalue weighted by Gasteiger charge is -2.20. The number of amides is 2. The summed E-state index contributed by atoms with van der Waals surface area (Å²) in [5, 5.41) is 5.21. The van der Waals surface area contributed by atoms with Crippen molar-refractivity contribution >= 4 is 29.3 Å². The quantitative estimate of drug-likeness (QED) is 0.593. The lowest BCUT2D eigenvalue weighted by molar-refractivity contribution is -0.140. The number of carbonyl (C=O) groups excluding carboxylic acids is 3. The number of anilines is 2. The highest BCUT2D eigenvalue weighted by Crippen LogP contribution is 2.34. The molecule has 7 nitrogen and oxygen atoms in total. The Labute approximate surface area is 163 Å². The molecular formula is C21H20N2O5. The van der Waals surface area contributed by atoms with Crippen LogP contribution in [-0.2, 0) is 19.1 Å². The van der Waals surface area contributed by atoms with E-state index in [1.165, 1.54) is 14.2 Å². The fourth-order valence-corrected chi connectivity index (χ4v) is 2.70. The predicted molar refractivity (Wildman–Crippen MR) is 105 cm³/mol. The summed E-state index contributed by atoms with van der Waals surface area (Å²) in [5.74, 6) is 0.638. The van der Waals surface area contributed by atoms with Crippen molar-refractivity contribution in [1.82, 2.24) is 0 Å². The van der Waals surface area contributed by atoms with Gasteiger partial charge in [-0.15, -0.1) is 6.42 Å². The molecule has 0 spiro atoms. The fourth-order valence-electron chi connectivity index (χ4n) is 2.70. The van der Waals surface area contributed by atoms with Crippen molar-refractivity contribution in [3.63, 3.8) is 0 Å². The van der Waals surface area contributed by atoms with Crippen LogP contribution in [0.15, 0.2) is 48.5 Å². The number of esters is 1. The van der Waals surface area contributed by atoms with Crippen molar-refractivity contribution in [2.75, 3.05) is 24.9 Å². The maximum atomic E-state index is 12.0. The number of para-hydroxylation sites is 1. The molecule has 0 radical (unpaired) electrons. The summed E-state index contributed by atoms with van der Waals surface area (Å²) in [6, 6.07) is 14.0. The molecule has 2 amide bonds. The molecule has 0 aliphatic heterocycles. The number of hydrogen-bond acceptors (Lipinski definition) is 5. The van der Waals surface area contributed by atoms with Crippen LogP contribution in [0, 0.1) is 12.3 Å². The largest absolute Gasteiger partial charge is 0.469 e. The first-order valence-corrected chi connectivity index (χ1v) is 8.36. The van der Waals surface area contributed by atoms with Gasteiger partial charge in [-0.3, -0.25) is 14.9 Å². The van der Waals surface area contributed by atoms with Crippen molar-refractivity contribution in [3.8, 4) is 12.3 Å². The van der Waals surface area contributed by atoms with Crippen molar-refractivity contribution in [2.45, 2.75) is 12.3 Å². The number of terminal acetylenes is 1. The maximum absolute atomic E-state index is 12.0. The molecule has 0 aliphatic carbocycles. The van der Waals surface area contributed by atoms with Gasteiger partial charge < -0.3 is 14.8 Å². The molecule has 0 aromatic heterocycles. The second-order valence-electron chi connectivity index (χ2n) is 5.76. The fraction of sp³-hybridized carbons (Fsp3) is 0.190. The highest BCUT2D eigenvalue weighted by Gasteiger charge is 2.22. The number of methoxy groups -OCH3 is 2. The number of ether oxygens (including phenoxy) is 2. The van der Waals surface area contributed by atoms with Crippen molar-refractivity contribution in [1.29, 1.82) is 0 Å². The SMILES string of the molecule is C#CC(=O)Nc1ccc(C(CC(=O)OC)c2ccccc2NC(=O)OC)cc1. The Morgan fingerprint density at radius 3 is 2.29 bits per heavy atom. The van der Waals surface area contributed by atoms with E-state index >= 15 is 0 Å². The number of carbonyl (C=O) groups is 3. The first-order valence-electron chi connectivity index (χ1n) is 8.36. The lowest BCUT2D eigenvalue weighted by atomic mass is 9.87. The standard InChI is InChI=1S/C21H20N2O5/c1-4-19(24)22-15-11-9-14(10-12-15)17(13-20(25)27-2)16-7-5-6-8-18(16)23-21(26)28-3/h1,5-12,17H,13H2,2-3H3,(H,22,24)(H,23,26). The highest BCUT2D eigenvalue weighted by atomic mass is 16.5. The van der Waals surface area contributed by atoms with Gasteiger partial charge in [-0.05, 0) is 35.2 Å². The van der Waals surface area contributed by atoms with Gasteiger partial charge in [0, 0.05) is 17.3 Å². The Morgan fingerprint density at radius 2 is 1.68 bits per heavy atom. The summed E-state index contributed by atoms with van der Waals surface area (Å²) in [6.07, 6.45) is 4.50. The Hall–Kier alpha value is -3.79. The van der Waals surface area contributed by atoms with Crippen LogP contribution in [-0.4, -0.2) is 32.2 Å². The molecular weight excluding hydrogens is 360 g/mol. The average molecular weight is 380 g/mol. The summed E-state index contributed by atoms with van der Waals surface area (Å²) in [6.45, 7) is 0. The van der Waals surface area contributed by atoms with Crippen LogP contribution < -0.4 is 10.6 Å². The molecule has 0 heterocycles. The molecule has 0 fully saturated rings. The first-order chi connectivity index (χ1) is 13.5. The van der Waals surface area contributed by atoms with Crippen LogP contribution in [0.25, 0.3) is 0 Å². The van der Waals surface area contributed by atoms with Crippen molar-refractivity contribution < 1.29 is 23.9 Å². The summed E-state index contributed by atoms with van der Waals surface area (Å²) in [4.78, 5) is 35.0. The minimum absolute atomic E-state index is 0.0619. The van der Waals surface area contributed by atoms with Gasteiger partial charge in [0.25, 0.3) is 5.91 Å². The zero-order valence-electron chi connectivity index (χ0n) is 15.5. The van der Waals surface area contributed by atoms with Crippen LogP contribution in [0.4, 0.5) is 16.2 Å². The van der Waals surface area contributed by atoms with Gasteiger partial charge in [-0.1, -0.05) is 30.3 Å². The molecule has 2 rings (SSSR count). The van der Waals surface area contributed by atoms with Gasteiger partial charge in [0.1, 0.15) is 0 Å². The number of hydrogen-bond donors (Lipinski definition) is 2. The summed E-state index contributed by atoms with van der Waals surface area (Å²) < 4.78 is 9.49. The van der Waals surface area contributed by atoms with Crippen LogP contribution in [0.2, 0.25) is 0 Å². The van der Waals surface area contributed by atoms with Crippen LogP contribution >= 0.6 is 0 Å². The van der Waals surface area contributed by atoms with E-state index in [1.807, 2.05) is 18.1 Å². The molecule has 0 saturated carbocycles. The van der Waals surface area contributed by atoms with Crippen molar-refractivity contribution in [3.05, 3.63) is 59.7 Å². The molecule has 28 heavy (non-hydrogen) atoms. The van der Waals surface area contributed by atoms with Crippen LogP contribution in [0.5, 0.6) is 0 Å². The van der Waals surface area contributed by atoms with E-state index in [0.717, 1.165) is 11.1 Å². The Kier molecular flexibility index (Phi) is 7.17. The molecule has 2 N–H and O–H groups in total. The maximum Gasteiger partial charge on any atom is 0.411 e. The van der Waals surface area contributed by atoms with E-state index in [0.29, 0.717) is 11.4 Å². The third kappa shape index (κ3) is 5.35. The monoisotopic (exact) mass is 380 g/mol. The van der Waals surface area contributed by atoms with Gasteiger partial charge in [-0.2, -0.15) is 0 Å². The summed E-state index contributed by atoms with van der Waals surface area (Å²) in [7, 11) is 2.59. The van der Waals surface area contributed by atoms with Gasteiger partial charge in [0.15, 0.2) is 0 Å². The third-order valence-corrected chi connectivity index (χ3v) is 4.06. The normalized spacial score (nSPS) is 10.9. The van der Waals surface area contributed by atoms with Gasteiger partial charge in [0.05, 0.1) is 20.6 Å². The van der Waals surface area contributed by atoms with E-state index in [-0.39, 0.29) is 6.42 Å². The molecule has 0 saturated heterocycles. The Balaban J connectivity index is 2.41. The third-order valence-electron chi connectivity index (χ3n) is 4.06. The zero-order chi connectivity index (χ0) is 20.5. The number of benzene rings is 2. The number of rotatable bonds is 6. The van der Waals surface area contributed by atoms with E-state index in [2.05, 4.69) is 15.4 Å². The molecule has 0 bridgehead atoms.